The van der Waals surface area contributed by atoms with E-state index in [0.29, 0.717) is 0 Å². The van der Waals surface area contributed by atoms with Gasteiger partial charge in [0.2, 0.25) is 0 Å². The summed E-state index contributed by atoms with van der Waals surface area (Å²) in [4.78, 5) is 12.4. The smallest absolute Gasteiger partial charge is 0.435 e. The molecule has 0 amide bonds. The molecule has 0 N–H and O–H groups in total. The minimum absolute atomic E-state index is 0.153. The minimum Gasteiger partial charge on any atom is -0.442 e. The molecule has 4 nitrogen and oxygen atoms in total. The van der Waals surface area contributed by atoms with E-state index in [9.17, 15) is 4.79 Å². The number of aromatic nitrogens is 2. The standard InChI is InChI=1S/C16H21BrN2O2/c1-15(2,3)13-11-8-7-10(17)9-12(11)19(18-13)14(20)21-16(4,5)6/h7-9H,1-6H3. The lowest BCUT2D eigenvalue weighted by Gasteiger charge is -2.19. The number of carbonyl (C=O) groups is 1. The van der Waals surface area contributed by atoms with Gasteiger partial charge in [-0.05, 0) is 39.0 Å². The van der Waals surface area contributed by atoms with Crippen molar-refractivity contribution in [1.82, 2.24) is 9.78 Å². The first-order chi connectivity index (χ1) is 9.49. The van der Waals surface area contributed by atoms with E-state index < -0.39 is 11.7 Å². The van der Waals surface area contributed by atoms with Crippen molar-refractivity contribution in [1.29, 1.82) is 0 Å². The predicted molar refractivity (Wildman–Crippen MR) is 87.8 cm³/mol. The Hall–Kier alpha value is -1.36. The van der Waals surface area contributed by atoms with Gasteiger partial charge in [0.15, 0.2) is 0 Å². The Morgan fingerprint density at radius 3 is 2.33 bits per heavy atom. The molecule has 2 rings (SSSR count). The third-order valence-corrected chi connectivity index (χ3v) is 3.41. The van der Waals surface area contributed by atoms with Crippen molar-refractivity contribution in [2.24, 2.45) is 0 Å². The normalized spacial score (nSPS) is 12.7. The van der Waals surface area contributed by atoms with Gasteiger partial charge in [0, 0.05) is 15.3 Å². The molecule has 1 heterocycles. The van der Waals surface area contributed by atoms with Crippen molar-refractivity contribution in [3.63, 3.8) is 0 Å². The number of fused-ring (bicyclic) bond motifs is 1. The number of hydrogen-bond acceptors (Lipinski definition) is 3. The van der Waals surface area contributed by atoms with Crippen LogP contribution in [0.4, 0.5) is 4.79 Å². The molecule has 0 aliphatic rings. The monoisotopic (exact) mass is 352 g/mol. The molecule has 0 aliphatic heterocycles. The lowest BCUT2D eigenvalue weighted by molar-refractivity contribution is 0.0521. The summed E-state index contributed by atoms with van der Waals surface area (Å²) in [5.41, 5.74) is 0.933. The molecule has 1 aromatic carbocycles. The van der Waals surface area contributed by atoms with Crippen LogP contribution in [0.1, 0.15) is 47.2 Å². The number of rotatable bonds is 0. The van der Waals surface area contributed by atoms with E-state index in [2.05, 4.69) is 41.8 Å². The number of ether oxygens (including phenoxy) is 1. The molecule has 2 aromatic rings. The Kier molecular flexibility index (Phi) is 3.91. The Balaban J connectivity index is 2.64. The van der Waals surface area contributed by atoms with Crippen LogP contribution in [0, 0.1) is 0 Å². The molecule has 114 valence electrons. The zero-order chi connectivity index (χ0) is 16.0. The molecule has 0 radical (unpaired) electrons. The van der Waals surface area contributed by atoms with Gasteiger partial charge < -0.3 is 4.74 Å². The second kappa shape index (κ2) is 5.13. The summed E-state index contributed by atoms with van der Waals surface area (Å²) in [6, 6.07) is 5.83. The molecule has 1 aromatic heterocycles. The topological polar surface area (TPSA) is 44.1 Å². The largest absolute Gasteiger partial charge is 0.442 e. The number of carbonyl (C=O) groups excluding carboxylic acids is 1. The molecule has 0 saturated heterocycles. The van der Waals surface area contributed by atoms with Gasteiger partial charge >= 0.3 is 6.09 Å². The SMILES string of the molecule is CC(C)(C)OC(=O)n1nc(C(C)(C)C)c2ccc(Br)cc21. The maximum absolute atomic E-state index is 12.4. The fourth-order valence-corrected chi connectivity index (χ4v) is 2.44. The molecular formula is C16H21BrN2O2. The van der Waals surface area contributed by atoms with Gasteiger partial charge in [-0.25, -0.2) is 4.79 Å². The van der Waals surface area contributed by atoms with Gasteiger partial charge in [0.05, 0.1) is 11.2 Å². The molecule has 0 spiro atoms. The summed E-state index contributed by atoms with van der Waals surface area (Å²) >= 11 is 3.44. The second-order valence-corrected chi connectivity index (χ2v) is 8.07. The van der Waals surface area contributed by atoms with Crippen LogP contribution in [0.5, 0.6) is 0 Å². The number of benzene rings is 1. The summed E-state index contributed by atoms with van der Waals surface area (Å²) in [5.74, 6) is 0. The van der Waals surface area contributed by atoms with Crippen LogP contribution < -0.4 is 0 Å². The Labute approximate surface area is 133 Å². The second-order valence-electron chi connectivity index (χ2n) is 7.15. The van der Waals surface area contributed by atoms with E-state index in [1.54, 1.807) is 0 Å². The number of hydrogen-bond donors (Lipinski definition) is 0. The van der Waals surface area contributed by atoms with Crippen molar-refractivity contribution >= 4 is 32.9 Å². The molecule has 0 aliphatic carbocycles. The lowest BCUT2D eigenvalue weighted by Crippen LogP contribution is -2.28. The summed E-state index contributed by atoms with van der Waals surface area (Å²) in [7, 11) is 0. The van der Waals surface area contributed by atoms with Crippen LogP contribution >= 0.6 is 15.9 Å². The van der Waals surface area contributed by atoms with E-state index in [1.807, 2.05) is 39.0 Å². The fourth-order valence-electron chi connectivity index (χ4n) is 2.09. The molecule has 0 saturated carbocycles. The lowest BCUT2D eigenvalue weighted by atomic mass is 9.90. The van der Waals surface area contributed by atoms with Crippen LogP contribution in [0.15, 0.2) is 22.7 Å². The first-order valence-corrected chi connectivity index (χ1v) is 7.70. The van der Waals surface area contributed by atoms with Crippen LogP contribution in [0.3, 0.4) is 0 Å². The summed E-state index contributed by atoms with van der Waals surface area (Å²) in [6.07, 6.45) is -0.457. The quantitative estimate of drug-likeness (QED) is 0.678. The van der Waals surface area contributed by atoms with E-state index in [1.165, 1.54) is 4.68 Å². The molecule has 0 unspecified atom stereocenters. The first kappa shape index (κ1) is 16.0. The summed E-state index contributed by atoms with van der Waals surface area (Å²) in [5, 5.41) is 5.48. The number of halogens is 1. The van der Waals surface area contributed by atoms with Crippen LogP contribution in [-0.4, -0.2) is 21.5 Å². The average molecular weight is 353 g/mol. The van der Waals surface area contributed by atoms with E-state index in [0.717, 1.165) is 21.1 Å². The first-order valence-electron chi connectivity index (χ1n) is 6.91. The highest BCUT2D eigenvalue weighted by Gasteiger charge is 2.26. The third-order valence-electron chi connectivity index (χ3n) is 2.92. The van der Waals surface area contributed by atoms with Crippen molar-refractivity contribution in [3.05, 3.63) is 28.4 Å². The number of nitrogens with zero attached hydrogens (tertiary/aromatic N) is 2. The molecule has 21 heavy (non-hydrogen) atoms. The average Bonchev–Trinajstić information content (AvgIpc) is 2.64. The highest BCUT2D eigenvalue weighted by Crippen LogP contribution is 2.31. The molecule has 0 fully saturated rings. The van der Waals surface area contributed by atoms with Gasteiger partial charge in [-0.2, -0.15) is 9.78 Å². The minimum atomic E-state index is -0.552. The van der Waals surface area contributed by atoms with Crippen LogP contribution in [0.25, 0.3) is 10.9 Å². The van der Waals surface area contributed by atoms with Crippen molar-refractivity contribution in [2.75, 3.05) is 0 Å². The van der Waals surface area contributed by atoms with E-state index in [-0.39, 0.29) is 5.41 Å². The maximum atomic E-state index is 12.4. The molecule has 0 bridgehead atoms. The molecule has 0 atom stereocenters. The fraction of sp³-hybridized carbons (Fsp3) is 0.500. The molecular weight excluding hydrogens is 332 g/mol. The summed E-state index contributed by atoms with van der Waals surface area (Å²) < 4.78 is 7.70. The van der Waals surface area contributed by atoms with Gasteiger partial charge in [0.25, 0.3) is 0 Å². The van der Waals surface area contributed by atoms with Gasteiger partial charge in [-0.1, -0.05) is 36.7 Å². The zero-order valence-electron chi connectivity index (χ0n) is 13.3. The maximum Gasteiger partial charge on any atom is 0.435 e. The highest BCUT2D eigenvalue weighted by molar-refractivity contribution is 9.10. The van der Waals surface area contributed by atoms with Crippen LogP contribution in [0.2, 0.25) is 0 Å². The highest BCUT2D eigenvalue weighted by atomic mass is 79.9. The van der Waals surface area contributed by atoms with Crippen molar-refractivity contribution in [2.45, 2.75) is 52.6 Å². The van der Waals surface area contributed by atoms with E-state index >= 15 is 0 Å². The summed E-state index contributed by atoms with van der Waals surface area (Å²) in [6.45, 7) is 11.8. The zero-order valence-corrected chi connectivity index (χ0v) is 14.9. The van der Waals surface area contributed by atoms with Crippen LogP contribution in [-0.2, 0) is 10.2 Å². The van der Waals surface area contributed by atoms with Gasteiger partial charge in [-0.15, -0.1) is 0 Å². The predicted octanol–water partition coefficient (Wildman–Crippen LogP) is 4.88. The van der Waals surface area contributed by atoms with E-state index in [4.69, 9.17) is 4.74 Å². The van der Waals surface area contributed by atoms with Crippen molar-refractivity contribution in [3.8, 4) is 0 Å². The Morgan fingerprint density at radius 1 is 1.19 bits per heavy atom. The van der Waals surface area contributed by atoms with Gasteiger partial charge in [0.1, 0.15) is 5.60 Å². The Morgan fingerprint density at radius 2 is 1.81 bits per heavy atom. The van der Waals surface area contributed by atoms with Gasteiger partial charge in [-0.3, -0.25) is 0 Å². The molecule has 5 heteroatoms. The van der Waals surface area contributed by atoms with Crippen molar-refractivity contribution < 1.29 is 9.53 Å². The Bertz CT molecular complexity index is 691. The third kappa shape index (κ3) is 3.46.